The van der Waals surface area contributed by atoms with Crippen LogP contribution in [0.25, 0.3) is 0 Å². The van der Waals surface area contributed by atoms with Crippen LogP contribution in [0, 0.1) is 29.1 Å². The zero-order valence-electron chi connectivity index (χ0n) is 25.1. The Morgan fingerprint density at radius 2 is 1.53 bits per heavy atom. The van der Waals surface area contributed by atoms with Crippen LogP contribution >= 0.6 is 0 Å². The van der Waals surface area contributed by atoms with Gasteiger partial charge in [0.25, 0.3) is 0 Å². The molecule has 6 unspecified atom stereocenters. The summed E-state index contributed by atoms with van der Waals surface area (Å²) in [7, 11) is 1.44. The first-order chi connectivity index (χ1) is 21.6. The number of Topliss-reactive ketones (excluding diaryl/α,β-unsaturated/α-hetero) is 1. The lowest BCUT2D eigenvalue weighted by atomic mass is 9.51. The van der Waals surface area contributed by atoms with Gasteiger partial charge in [-0.3, -0.25) is 28.9 Å². The number of allylic oxidation sites excluding steroid dienone is 2. The predicted octanol–water partition coefficient (Wildman–Crippen LogP) is 5.04. The number of imide groups is 2. The highest BCUT2D eigenvalue weighted by molar-refractivity contribution is 6.25. The molecule has 2 saturated heterocycles. The van der Waals surface area contributed by atoms with E-state index in [1.54, 1.807) is 73.7 Å². The number of anilines is 2. The molecule has 45 heavy (non-hydrogen) atoms. The maximum absolute atomic E-state index is 14.5. The summed E-state index contributed by atoms with van der Waals surface area (Å²) in [5.74, 6) is -4.95. The average molecular weight is 605 g/mol. The van der Waals surface area contributed by atoms with Crippen LogP contribution in [-0.2, 0) is 19.2 Å². The molecule has 3 fully saturated rings. The summed E-state index contributed by atoms with van der Waals surface area (Å²) in [5.41, 5.74) is 1.24. The van der Waals surface area contributed by atoms with Gasteiger partial charge in [0.2, 0.25) is 23.6 Å². The molecule has 6 atom stereocenters. The predicted molar refractivity (Wildman–Crippen MR) is 165 cm³/mol. The molecular weight excluding hydrogens is 572 g/mol. The molecule has 2 aliphatic heterocycles. The minimum atomic E-state index is -1.28. The molecule has 4 aliphatic rings. The first-order valence-electron chi connectivity index (χ1n) is 15.1. The van der Waals surface area contributed by atoms with E-state index in [-0.39, 0.29) is 53.8 Å². The van der Waals surface area contributed by atoms with Crippen molar-refractivity contribution in [2.24, 2.45) is 29.1 Å². The van der Waals surface area contributed by atoms with Crippen molar-refractivity contribution in [1.82, 2.24) is 0 Å². The summed E-state index contributed by atoms with van der Waals surface area (Å²) in [4.78, 5) is 71.0. The van der Waals surface area contributed by atoms with Gasteiger partial charge in [-0.1, -0.05) is 42.0 Å². The number of carbonyl (C=O) groups excluding carboxylic acids is 5. The first kappa shape index (κ1) is 28.7. The molecule has 0 spiro atoms. The van der Waals surface area contributed by atoms with E-state index in [4.69, 9.17) is 4.74 Å². The summed E-state index contributed by atoms with van der Waals surface area (Å²) < 4.78 is 5.42. The maximum atomic E-state index is 14.5. The molecule has 1 N–H and O–H groups in total. The number of carbonyl (C=O) groups is 5. The lowest BCUT2D eigenvalue weighted by molar-refractivity contribution is -0.131. The first-order valence-corrected chi connectivity index (χ1v) is 15.1. The van der Waals surface area contributed by atoms with Crippen LogP contribution in [0.1, 0.15) is 48.5 Å². The Bertz CT molecular complexity index is 1810. The summed E-state index contributed by atoms with van der Waals surface area (Å²) in [5, 5.41) is 11.4. The number of phenolic OH excluding ortho intramolecular Hbond substituents is 1. The number of ether oxygens (including phenoxy) is 1. The molecule has 7 rings (SSSR count). The van der Waals surface area contributed by atoms with Crippen molar-refractivity contribution in [3.63, 3.8) is 0 Å². The van der Waals surface area contributed by atoms with Crippen molar-refractivity contribution in [3.8, 4) is 11.5 Å². The number of hydrogen-bond acceptors (Lipinski definition) is 7. The number of fused-ring (bicyclic) bond motifs is 4. The van der Waals surface area contributed by atoms with Crippen molar-refractivity contribution in [1.29, 1.82) is 0 Å². The Morgan fingerprint density at radius 1 is 0.844 bits per heavy atom. The lowest BCUT2D eigenvalue weighted by Gasteiger charge is -2.49. The Labute approximate surface area is 260 Å². The number of methoxy groups -OCH3 is 1. The fourth-order valence-electron chi connectivity index (χ4n) is 8.22. The number of nitrogens with zero attached hydrogens (tertiary/aromatic N) is 2. The van der Waals surface area contributed by atoms with E-state index >= 15 is 0 Å². The van der Waals surface area contributed by atoms with E-state index in [1.165, 1.54) is 23.8 Å². The van der Waals surface area contributed by atoms with E-state index < -0.39 is 35.0 Å². The SMILES string of the molecule is COc1cccc(C2C3=CCC4C(=O)N(c5ccc(C(C)=O)cc5)C(=O)C4C3CC3C(=O)N(c4ccccc4)C(=O)C32C)c1O. The van der Waals surface area contributed by atoms with E-state index in [1.807, 2.05) is 12.1 Å². The minimum Gasteiger partial charge on any atom is -0.504 e. The molecule has 2 heterocycles. The Balaban J connectivity index is 1.36. The highest BCUT2D eigenvalue weighted by Crippen LogP contribution is 2.64. The molecule has 3 aromatic rings. The molecule has 3 aromatic carbocycles. The number of phenols is 1. The minimum absolute atomic E-state index is 0.124. The molecule has 1 saturated carbocycles. The average Bonchev–Trinajstić information content (AvgIpc) is 3.41. The van der Waals surface area contributed by atoms with E-state index in [0.717, 1.165) is 5.57 Å². The third-order valence-corrected chi connectivity index (χ3v) is 10.4. The fraction of sp³-hybridized carbons (Fsp3) is 0.306. The van der Waals surface area contributed by atoms with Crippen LogP contribution < -0.4 is 14.5 Å². The van der Waals surface area contributed by atoms with Crippen molar-refractivity contribution < 1.29 is 33.8 Å². The van der Waals surface area contributed by atoms with E-state index in [2.05, 4.69) is 0 Å². The van der Waals surface area contributed by atoms with Gasteiger partial charge in [0.15, 0.2) is 17.3 Å². The van der Waals surface area contributed by atoms with Crippen molar-refractivity contribution >= 4 is 40.8 Å². The van der Waals surface area contributed by atoms with E-state index in [9.17, 15) is 29.1 Å². The monoisotopic (exact) mass is 604 g/mol. The molecule has 9 heteroatoms. The van der Waals surface area contributed by atoms with Crippen LogP contribution in [0.5, 0.6) is 11.5 Å². The third kappa shape index (κ3) is 3.96. The molecule has 0 radical (unpaired) electrons. The zero-order chi connectivity index (χ0) is 31.8. The molecule has 0 aromatic heterocycles. The fourth-order valence-corrected chi connectivity index (χ4v) is 8.22. The highest BCUT2D eigenvalue weighted by Gasteiger charge is 2.68. The smallest absolute Gasteiger partial charge is 0.241 e. The second kappa shape index (κ2) is 10.3. The Morgan fingerprint density at radius 3 is 2.20 bits per heavy atom. The molecule has 4 amide bonds. The summed E-state index contributed by atoms with van der Waals surface area (Å²) in [6.07, 6.45) is 2.41. The van der Waals surface area contributed by atoms with Crippen LogP contribution in [-0.4, -0.2) is 41.6 Å². The summed E-state index contributed by atoms with van der Waals surface area (Å²) >= 11 is 0. The molecule has 0 bridgehead atoms. The standard InChI is InChI=1S/C36H32N2O7/c1-19(39)20-12-14-22(15-13-20)37-32(41)24-17-16-23-26(29(24)34(37)43)18-27-33(42)38(21-8-5-4-6-9-21)35(44)36(27,2)30(23)25-10-7-11-28(45-3)31(25)40/h4-16,24,26-27,29-30,40H,17-18H2,1-3H3. The van der Waals surface area contributed by atoms with Crippen LogP contribution in [0.4, 0.5) is 11.4 Å². The van der Waals surface area contributed by atoms with Crippen molar-refractivity contribution in [3.05, 3.63) is 95.6 Å². The topological polar surface area (TPSA) is 121 Å². The second-order valence-corrected chi connectivity index (χ2v) is 12.5. The van der Waals surface area contributed by atoms with Crippen LogP contribution in [0.2, 0.25) is 0 Å². The van der Waals surface area contributed by atoms with Crippen molar-refractivity contribution in [2.45, 2.75) is 32.6 Å². The molecule has 9 nitrogen and oxygen atoms in total. The third-order valence-electron chi connectivity index (χ3n) is 10.4. The molecule has 228 valence electrons. The van der Waals surface area contributed by atoms with Crippen LogP contribution in [0.15, 0.2) is 84.4 Å². The number of para-hydroxylation sites is 2. The van der Waals surface area contributed by atoms with Gasteiger partial charge in [0.1, 0.15) is 0 Å². The van der Waals surface area contributed by atoms with Gasteiger partial charge in [-0.2, -0.15) is 0 Å². The van der Waals surface area contributed by atoms with Gasteiger partial charge >= 0.3 is 0 Å². The number of amides is 4. The van der Waals surface area contributed by atoms with Gasteiger partial charge < -0.3 is 9.84 Å². The second-order valence-electron chi connectivity index (χ2n) is 12.5. The lowest BCUT2D eigenvalue weighted by Crippen LogP contribution is -2.48. The Kier molecular flexibility index (Phi) is 6.54. The number of rotatable bonds is 5. The quantitative estimate of drug-likeness (QED) is 0.246. The molecular formula is C36H32N2O7. The largest absolute Gasteiger partial charge is 0.504 e. The molecule has 2 aliphatic carbocycles. The number of hydrogen-bond donors (Lipinski definition) is 1. The van der Waals surface area contributed by atoms with Gasteiger partial charge in [0.05, 0.1) is 41.7 Å². The van der Waals surface area contributed by atoms with Gasteiger partial charge in [-0.25, -0.2) is 4.90 Å². The number of benzene rings is 3. The zero-order valence-corrected chi connectivity index (χ0v) is 25.1. The summed E-state index contributed by atoms with van der Waals surface area (Å²) in [6.45, 7) is 3.22. The van der Waals surface area contributed by atoms with Gasteiger partial charge in [-0.15, -0.1) is 0 Å². The Hall–Kier alpha value is -5.05. The van der Waals surface area contributed by atoms with Gasteiger partial charge in [0, 0.05) is 17.0 Å². The number of ketones is 1. The highest BCUT2D eigenvalue weighted by atomic mass is 16.5. The van der Waals surface area contributed by atoms with Crippen molar-refractivity contribution in [2.75, 3.05) is 16.9 Å². The van der Waals surface area contributed by atoms with Gasteiger partial charge in [-0.05, 0) is 75.1 Å². The maximum Gasteiger partial charge on any atom is 0.241 e. The number of aromatic hydroxyl groups is 1. The van der Waals surface area contributed by atoms with E-state index in [0.29, 0.717) is 22.5 Å². The summed E-state index contributed by atoms with van der Waals surface area (Å²) in [6, 6.07) is 20.2. The van der Waals surface area contributed by atoms with Crippen LogP contribution in [0.3, 0.4) is 0 Å². The normalized spacial score (nSPS) is 28.9.